The minimum atomic E-state index is -0.468. The number of carbonyl (C=O) groups is 2. The molecule has 132 valence electrons. The topological polar surface area (TPSA) is 59.3 Å². The minimum Gasteiger partial charge on any atom is -0.459 e. The Morgan fingerprint density at radius 1 is 0.962 bits per heavy atom. The third kappa shape index (κ3) is 2.33. The smallest absolute Gasteiger partial charge is 0.237 e. The summed E-state index contributed by atoms with van der Waals surface area (Å²) in [4.78, 5) is 25.8. The van der Waals surface area contributed by atoms with E-state index in [1.165, 1.54) is 0 Å². The van der Waals surface area contributed by atoms with Gasteiger partial charge in [0.05, 0.1) is 12.1 Å². The lowest BCUT2D eigenvalue weighted by molar-refractivity contribution is 0.0815. The van der Waals surface area contributed by atoms with E-state index in [-0.39, 0.29) is 0 Å². The molecule has 4 heteroatoms. The quantitative estimate of drug-likeness (QED) is 0.554. The number of hydrogen-bond acceptors (Lipinski definition) is 4. The molecule has 0 atom stereocenters. The number of nitrogens with one attached hydrogen (secondary N) is 1. The maximum Gasteiger partial charge on any atom is 0.237 e. The summed E-state index contributed by atoms with van der Waals surface area (Å²) >= 11 is 0. The summed E-state index contributed by atoms with van der Waals surface area (Å²) in [5.41, 5.74) is 3.44. The van der Waals surface area contributed by atoms with E-state index in [9.17, 15) is 9.59 Å². The third-order valence-electron chi connectivity index (χ3n) is 5.14. The first-order valence-electron chi connectivity index (χ1n) is 8.99. The summed E-state index contributed by atoms with van der Waals surface area (Å²) in [7, 11) is 0. The van der Waals surface area contributed by atoms with Gasteiger partial charge in [-0.15, -0.1) is 0 Å². The number of rotatable bonds is 4. The Kier molecular flexibility index (Phi) is 4.00. The van der Waals surface area contributed by atoms with E-state index < -0.39 is 11.6 Å². The molecule has 0 fully saturated rings. The van der Waals surface area contributed by atoms with Gasteiger partial charge in [0, 0.05) is 16.7 Å². The molecule has 1 aliphatic rings. The number of Topliss-reactive ketones (excluding diaryl/α,β-unsaturated/α-hetero) is 2. The lowest BCUT2D eigenvalue weighted by atomic mass is 9.83. The van der Waals surface area contributed by atoms with Crippen LogP contribution in [0.1, 0.15) is 50.9 Å². The number of carbonyl (C=O) groups excluding carboxylic acids is 2. The monoisotopic (exact) mass is 347 g/mol. The molecule has 0 amide bonds. The fourth-order valence-corrected chi connectivity index (χ4v) is 3.75. The summed E-state index contributed by atoms with van der Waals surface area (Å²) in [5, 5.41) is 5.10. The minimum absolute atomic E-state index is 0.419. The molecule has 0 spiro atoms. The Labute approximate surface area is 152 Å². The SMILES string of the molecule is CCCNCc1oc2c(c1C)C(=O)C(=O)c1c-2ccc2c(C)cccc12. The van der Waals surface area contributed by atoms with Crippen LogP contribution in [0.3, 0.4) is 0 Å². The van der Waals surface area contributed by atoms with E-state index in [1.54, 1.807) is 0 Å². The molecule has 1 aliphatic carbocycles. The van der Waals surface area contributed by atoms with Gasteiger partial charge in [-0.1, -0.05) is 31.2 Å². The van der Waals surface area contributed by atoms with Crippen molar-refractivity contribution in [1.82, 2.24) is 5.32 Å². The highest BCUT2D eigenvalue weighted by Crippen LogP contribution is 2.41. The van der Waals surface area contributed by atoms with E-state index in [4.69, 9.17) is 4.42 Å². The zero-order valence-corrected chi connectivity index (χ0v) is 15.2. The van der Waals surface area contributed by atoms with Gasteiger partial charge in [-0.2, -0.15) is 0 Å². The van der Waals surface area contributed by atoms with Crippen molar-refractivity contribution in [1.29, 1.82) is 0 Å². The molecular weight excluding hydrogens is 326 g/mol. The predicted octanol–water partition coefficient (Wildman–Crippen LogP) is 4.60. The zero-order chi connectivity index (χ0) is 18.4. The lowest BCUT2D eigenvalue weighted by Gasteiger charge is -2.16. The van der Waals surface area contributed by atoms with Crippen LogP contribution in [0, 0.1) is 13.8 Å². The highest BCUT2D eigenvalue weighted by molar-refractivity contribution is 6.54. The van der Waals surface area contributed by atoms with Crippen molar-refractivity contribution in [3.8, 4) is 11.3 Å². The number of aryl methyl sites for hydroxylation is 1. The summed E-state index contributed by atoms with van der Waals surface area (Å²) in [5.74, 6) is 0.339. The predicted molar refractivity (Wildman–Crippen MR) is 102 cm³/mol. The molecule has 0 saturated heterocycles. The van der Waals surface area contributed by atoms with Crippen molar-refractivity contribution in [3.05, 3.63) is 58.3 Å². The van der Waals surface area contributed by atoms with Crippen LogP contribution in [0.15, 0.2) is 34.7 Å². The van der Waals surface area contributed by atoms with Crippen molar-refractivity contribution in [2.24, 2.45) is 0 Å². The van der Waals surface area contributed by atoms with Crippen LogP contribution in [-0.4, -0.2) is 18.1 Å². The van der Waals surface area contributed by atoms with Crippen LogP contribution in [0.5, 0.6) is 0 Å². The first-order chi connectivity index (χ1) is 12.5. The van der Waals surface area contributed by atoms with Crippen molar-refractivity contribution in [2.45, 2.75) is 33.7 Å². The van der Waals surface area contributed by atoms with Crippen molar-refractivity contribution in [3.63, 3.8) is 0 Å². The van der Waals surface area contributed by atoms with Crippen LogP contribution >= 0.6 is 0 Å². The van der Waals surface area contributed by atoms with E-state index in [0.717, 1.165) is 40.6 Å². The number of furan rings is 1. The average molecular weight is 347 g/mol. The maximum absolute atomic E-state index is 12.9. The lowest BCUT2D eigenvalue weighted by Crippen LogP contribution is -2.21. The normalized spacial score (nSPS) is 13.2. The maximum atomic E-state index is 12.9. The Morgan fingerprint density at radius 3 is 2.50 bits per heavy atom. The number of fused-ring (bicyclic) bond motifs is 5. The standard InChI is InChI=1S/C22H21NO3/c1-4-10-23-11-17-13(3)18-20(24)21(25)19-15-7-5-6-12(2)14(15)8-9-16(19)22(18)26-17/h5-9,23H,4,10-11H2,1-3H3. The third-order valence-corrected chi connectivity index (χ3v) is 5.14. The Morgan fingerprint density at radius 2 is 1.73 bits per heavy atom. The number of ketones is 2. The van der Waals surface area contributed by atoms with Crippen LogP contribution in [0.4, 0.5) is 0 Å². The van der Waals surface area contributed by atoms with Gasteiger partial charge in [0.15, 0.2) is 0 Å². The number of hydrogen-bond donors (Lipinski definition) is 1. The first kappa shape index (κ1) is 16.7. The summed E-state index contributed by atoms with van der Waals surface area (Å²) in [6.45, 7) is 7.38. The molecule has 4 rings (SSSR count). The molecule has 1 N–H and O–H groups in total. The Hall–Kier alpha value is -2.72. The molecule has 1 heterocycles. The van der Waals surface area contributed by atoms with Gasteiger partial charge in [0.25, 0.3) is 0 Å². The van der Waals surface area contributed by atoms with E-state index in [1.807, 2.05) is 44.2 Å². The second-order valence-electron chi connectivity index (χ2n) is 6.85. The van der Waals surface area contributed by atoms with Gasteiger partial charge in [0.1, 0.15) is 11.5 Å². The van der Waals surface area contributed by atoms with Crippen LogP contribution < -0.4 is 5.32 Å². The molecule has 26 heavy (non-hydrogen) atoms. The van der Waals surface area contributed by atoms with Gasteiger partial charge in [-0.25, -0.2) is 0 Å². The molecule has 0 unspecified atom stereocenters. The van der Waals surface area contributed by atoms with Crippen molar-refractivity contribution in [2.75, 3.05) is 6.54 Å². The van der Waals surface area contributed by atoms with E-state index >= 15 is 0 Å². The molecule has 4 nitrogen and oxygen atoms in total. The van der Waals surface area contributed by atoms with Gasteiger partial charge in [-0.05, 0) is 49.2 Å². The zero-order valence-electron chi connectivity index (χ0n) is 15.2. The Bertz CT molecular complexity index is 1060. The summed E-state index contributed by atoms with van der Waals surface area (Å²) in [6.07, 6.45) is 1.02. The van der Waals surface area contributed by atoms with Crippen LogP contribution in [0.2, 0.25) is 0 Å². The molecule has 1 aromatic heterocycles. The van der Waals surface area contributed by atoms with E-state index in [0.29, 0.717) is 29.0 Å². The largest absolute Gasteiger partial charge is 0.459 e. The van der Waals surface area contributed by atoms with Gasteiger partial charge in [0.2, 0.25) is 11.6 Å². The summed E-state index contributed by atoms with van der Waals surface area (Å²) < 4.78 is 6.07. The van der Waals surface area contributed by atoms with Gasteiger partial charge < -0.3 is 9.73 Å². The molecule has 0 saturated carbocycles. The molecule has 0 radical (unpaired) electrons. The average Bonchev–Trinajstić information content (AvgIpc) is 2.96. The number of benzene rings is 2. The second-order valence-corrected chi connectivity index (χ2v) is 6.85. The van der Waals surface area contributed by atoms with Gasteiger partial charge >= 0.3 is 0 Å². The molecule has 0 aliphatic heterocycles. The fraction of sp³-hybridized carbons (Fsp3) is 0.273. The van der Waals surface area contributed by atoms with E-state index in [2.05, 4.69) is 12.2 Å². The highest BCUT2D eigenvalue weighted by atomic mass is 16.3. The van der Waals surface area contributed by atoms with Crippen LogP contribution in [0.25, 0.3) is 22.1 Å². The fourth-order valence-electron chi connectivity index (χ4n) is 3.75. The Balaban J connectivity index is 1.95. The van der Waals surface area contributed by atoms with Crippen LogP contribution in [-0.2, 0) is 6.54 Å². The molecule has 2 aromatic carbocycles. The second kappa shape index (κ2) is 6.22. The van der Waals surface area contributed by atoms with Crippen molar-refractivity contribution >= 4 is 22.3 Å². The van der Waals surface area contributed by atoms with Gasteiger partial charge in [-0.3, -0.25) is 9.59 Å². The molecular formula is C22H21NO3. The van der Waals surface area contributed by atoms with Crippen molar-refractivity contribution < 1.29 is 14.0 Å². The summed E-state index contributed by atoms with van der Waals surface area (Å²) in [6, 6.07) is 9.72. The molecule has 0 bridgehead atoms. The molecule has 3 aromatic rings. The highest BCUT2D eigenvalue weighted by Gasteiger charge is 2.37. The first-order valence-corrected chi connectivity index (χ1v) is 8.99.